The fraction of sp³-hybridized carbons (Fsp3) is 0.316. The van der Waals surface area contributed by atoms with Gasteiger partial charge in [-0.25, -0.2) is 0 Å². The van der Waals surface area contributed by atoms with Gasteiger partial charge in [-0.05, 0) is 30.5 Å². The van der Waals surface area contributed by atoms with E-state index in [1.165, 1.54) is 0 Å². The lowest BCUT2D eigenvalue weighted by Gasteiger charge is -2.42. The molecule has 1 amide bonds. The standard InChI is InChI=1S/C19H17N3O4/c23-18-5-1-3-15-13-7-12(10-22(15)18)9-21(11-13)19(24)14-8-17(26-20-14)16-4-2-6-25-16/h1-6,8,12-13H,7,9-11H2/t12-,13-/m0/s1. The molecule has 1 fully saturated rings. The summed E-state index contributed by atoms with van der Waals surface area (Å²) in [5.74, 6) is 1.29. The molecule has 5 rings (SSSR count). The molecule has 0 saturated carbocycles. The summed E-state index contributed by atoms with van der Waals surface area (Å²) in [5.41, 5.74) is 1.33. The number of piperidine rings is 1. The normalized spacial score (nSPS) is 21.5. The van der Waals surface area contributed by atoms with E-state index in [4.69, 9.17) is 8.94 Å². The van der Waals surface area contributed by atoms with Crippen molar-refractivity contribution in [2.24, 2.45) is 5.92 Å². The molecule has 0 unspecified atom stereocenters. The summed E-state index contributed by atoms with van der Waals surface area (Å²) in [7, 11) is 0. The third-order valence-electron chi connectivity index (χ3n) is 5.26. The zero-order chi connectivity index (χ0) is 17.7. The van der Waals surface area contributed by atoms with Crippen LogP contribution in [0.4, 0.5) is 0 Å². The van der Waals surface area contributed by atoms with Crippen molar-refractivity contribution in [2.45, 2.75) is 18.9 Å². The Balaban J connectivity index is 1.41. The first-order valence-corrected chi connectivity index (χ1v) is 8.68. The summed E-state index contributed by atoms with van der Waals surface area (Å²) >= 11 is 0. The van der Waals surface area contributed by atoms with E-state index < -0.39 is 0 Å². The van der Waals surface area contributed by atoms with Gasteiger partial charge >= 0.3 is 0 Å². The maximum atomic E-state index is 12.9. The van der Waals surface area contributed by atoms with Crippen molar-refractivity contribution in [1.29, 1.82) is 0 Å². The molecule has 7 nitrogen and oxygen atoms in total. The highest BCUT2D eigenvalue weighted by Gasteiger charge is 2.37. The van der Waals surface area contributed by atoms with Gasteiger partial charge in [-0.2, -0.15) is 0 Å². The molecule has 0 spiro atoms. The Kier molecular flexibility index (Phi) is 3.34. The second kappa shape index (κ2) is 5.72. The molecule has 0 aliphatic carbocycles. The van der Waals surface area contributed by atoms with Gasteiger partial charge in [-0.15, -0.1) is 0 Å². The maximum Gasteiger partial charge on any atom is 0.276 e. The van der Waals surface area contributed by atoms with Crippen LogP contribution in [0.5, 0.6) is 0 Å². The van der Waals surface area contributed by atoms with Crippen molar-refractivity contribution in [1.82, 2.24) is 14.6 Å². The van der Waals surface area contributed by atoms with Crippen molar-refractivity contribution in [3.05, 3.63) is 64.4 Å². The smallest absolute Gasteiger partial charge is 0.276 e. The molecular weight excluding hydrogens is 334 g/mol. The molecule has 0 radical (unpaired) electrons. The van der Waals surface area contributed by atoms with Gasteiger partial charge in [0.05, 0.1) is 6.26 Å². The third-order valence-corrected chi connectivity index (χ3v) is 5.26. The minimum absolute atomic E-state index is 0.0385. The van der Waals surface area contributed by atoms with Gasteiger partial charge < -0.3 is 18.4 Å². The SMILES string of the molecule is O=C(c1cc(-c2ccco2)on1)N1C[C@@H]2C[C@@H](C1)c1cccc(=O)n1C2. The average Bonchev–Trinajstić information content (AvgIpc) is 3.33. The Labute approximate surface area is 148 Å². The van der Waals surface area contributed by atoms with Crippen LogP contribution in [0.3, 0.4) is 0 Å². The van der Waals surface area contributed by atoms with Crippen LogP contribution in [0, 0.1) is 5.92 Å². The summed E-state index contributed by atoms with van der Waals surface area (Å²) in [6, 6.07) is 10.5. The molecule has 2 bridgehead atoms. The molecule has 0 aromatic carbocycles. The summed E-state index contributed by atoms with van der Waals surface area (Å²) in [6.45, 7) is 1.87. The van der Waals surface area contributed by atoms with Gasteiger partial charge in [-0.3, -0.25) is 9.59 Å². The van der Waals surface area contributed by atoms with E-state index >= 15 is 0 Å². The molecule has 26 heavy (non-hydrogen) atoms. The molecule has 3 aromatic rings. The van der Waals surface area contributed by atoms with Crippen LogP contribution in [0.25, 0.3) is 11.5 Å². The topological polar surface area (TPSA) is 81.5 Å². The third kappa shape index (κ3) is 2.39. The van der Waals surface area contributed by atoms with Gasteiger partial charge in [0.1, 0.15) is 0 Å². The predicted molar refractivity (Wildman–Crippen MR) is 91.7 cm³/mol. The Morgan fingerprint density at radius 1 is 1.12 bits per heavy atom. The van der Waals surface area contributed by atoms with E-state index in [0.717, 1.165) is 12.1 Å². The maximum absolute atomic E-state index is 12.9. The summed E-state index contributed by atoms with van der Waals surface area (Å²) < 4.78 is 12.4. The minimum Gasteiger partial charge on any atom is -0.461 e. The Hall–Kier alpha value is -3.09. The fourth-order valence-corrected chi connectivity index (χ4v) is 4.14. The van der Waals surface area contributed by atoms with E-state index in [9.17, 15) is 9.59 Å². The molecule has 5 heterocycles. The van der Waals surface area contributed by atoms with Crippen molar-refractivity contribution in [3.8, 4) is 11.5 Å². The Bertz CT molecular complexity index is 1020. The van der Waals surface area contributed by atoms with E-state index in [1.807, 2.05) is 15.5 Å². The average molecular weight is 351 g/mol. The largest absolute Gasteiger partial charge is 0.461 e. The van der Waals surface area contributed by atoms with Crippen LogP contribution < -0.4 is 5.56 Å². The van der Waals surface area contributed by atoms with Crippen LogP contribution in [-0.2, 0) is 6.54 Å². The summed E-state index contributed by atoms with van der Waals surface area (Å²) in [5, 5.41) is 3.92. The highest BCUT2D eigenvalue weighted by Crippen LogP contribution is 2.35. The van der Waals surface area contributed by atoms with Gasteiger partial charge in [0, 0.05) is 43.4 Å². The molecule has 0 N–H and O–H groups in total. The quantitative estimate of drug-likeness (QED) is 0.708. The molecular formula is C19H17N3O4. The van der Waals surface area contributed by atoms with Crippen LogP contribution in [0.1, 0.15) is 28.5 Å². The van der Waals surface area contributed by atoms with Gasteiger partial charge in [0.25, 0.3) is 11.5 Å². The number of furan rings is 1. The van der Waals surface area contributed by atoms with Crippen LogP contribution in [0.2, 0.25) is 0 Å². The van der Waals surface area contributed by atoms with Crippen molar-refractivity contribution >= 4 is 5.91 Å². The number of aromatic nitrogens is 2. The highest BCUT2D eigenvalue weighted by molar-refractivity contribution is 5.93. The molecule has 2 atom stereocenters. The zero-order valence-electron chi connectivity index (χ0n) is 14.0. The zero-order valence-corrected chi connectivity index (χ0v) is 14.0. The molecule has 7 heteroatoms. The lowest BCUT2D eigenvalue weighted by molar-refractivity contribution is 0.0584. The number of hydrogen-bond donors (Lipinski definition) is 0. The van der Waals surface area contributed by atoms with Crippen LogP contribution in [0.15, 0.2) is 56.4 Å². The lowest BCUT2D eigenvalue weighted by Crippen LogP contribution is -2.49. The van der Waals surface area contributed by atoms with Crippen molar-refractivity contribution < 1.29 is 13.7 Å². The monoisotopic (exact) mass is 351 g/mol. The number of pyridine rings is 1. The Morgan fingerprint density at radius 2 is 2.04 bits per heavy atom. The summed E-state index contributed by atoms with van der Waals surface area (Å²) in [4.78, 5) is 26.8. The first kappa shape index (κ1) is 15.2. The lowest BCUT2D eigenvalue weighted by atomic mass is 9.83. The van der Waals surface area contributed by atoms with E-state index in [0.29, 0.717) is 31.2 Å². The first-order valence-electron chi connectivity index (χ1n) is 8.68. The Morgan fingerprint density at radius 3 is 2.88 bits per heavy atom. The first-order chi connectivity index (χ1) is 12.7. The van der Waals surface area contributed by atoms with Crippen LogP contribution >= 0.6 is 0 Å². The fourth-order valence-electron chi connectivity index (χ4n) is 4.14. The molecule has 2 aliphatic rings. The highest BCUT2D eigenvalue weighted by atomic mass is 16.5. The second-order valence-electron chi connectivity index (χ2n) is 6.96. The van der Waals surface area contributed by atoms with E-state index in [-0.39, 0.29) is 29.0 Å². The number of carbonyl (C=O) groups is 1. The predicted octanol–water partition coefficient (Wildman–Crippen LogP) is 2.36. The molecule has 132 valence electrons. The number of hydrogen-bond acceptors (Lipinski definition) is 5. The van der Waals surface area contributed by atoms with Gasteiger partial charge in [0.2, 0.25) is 5.76 Å². The number of fused-ring (bicyclic) bond motifs is 4. The number of rotatable bonds is 2. The number of likely N-dealkylation sites (tertiary alicyclic amines) is 1. The number of amides is 1. The number of carbonyl (C=O) groups excluding carboxylic acids is 1. The minimum atomic E-state index is -0.145. The van der Waals surface area contributed by atoms with Gasteiger partial charge in [0.15, 0.2) is 11.5 Å². The molecule has 2 aliphatic heterocycles. The van der Waals surface area contributed by atoms with Crippen molar-refractivity contribution in [3.63, 3.8) is 0 Å². The second-order valence-corrected chi connectivity index (χ2v) is 6.96. The van der Waals surface area contributed by atoms with Gasteiger partial charge in [-0.1, -0.05) is 11.2 Å². The van der Waals surface area contributed by atoms with E-state index in [2.05, 4.69) is 5.16 Å². The van der Waals surface area contributed by atoms with E-state index in [1.54, 1.807) is 36.6 Å². The van der Waals surface area contributed by atoms with Crippen molar-refractivity contribution in [2.75, 3.05) is 13.1 Å². The summed E-state index contributed by atoms with van der Waals surface area (Å²) in [6.07, 6.45) is 2.55. The molecule has 3 aromatic heterocycles. The number of nitrogens with zero attached hydrogens (tertiary/aromatic N) is 3. The molecule has 1 saturated heterocycles. The van der Waals surface area contributed by atoms with Crippen LogP contribution in [-0.4, -0.2) is 33.6 Å².